The molecule has 0 unspecified atom stereocenters. The number of halogens is 2. The van der Waals surface area contributed by atoms with Gasteiger partial charge in [0, 0.05) is 32.4 Å². The molecule has 1 aliphatic rings. The smallest absolute Gasteiger partial charge is 0.166 e. The number of thiophene rings is 1. The van der Waals surface area contributed by atoms with Gasteiger partial charge in [0.2, 0.25) is 0 Å². The van der Waals surface area contributed by atoms with Gasteiger partial charge in [-0.2, -0.15) is 0 Å². The number of benzene rings is 1. The molecule has 0 aliphatic carbocycles. The van der Waals surface area contributed by atoms with Crippen molar-refractivity contribution in [2.75, 3.05) is 13.1 Å². The highest BCUT2D eigenvalue weighted by Gasteiger charge is 2.26. The van der Waals surface area contributed by atoms with E-state index in [1.54, 1.807) is 23.5 Å². The van der Waals surface area contributed by atoms with Crippen molar-refractivity contribution in [3.8, 4) is 0 Å². The summed E-state index contributed by atoms with van der Waals surface area (Å²) in [5.74, 6) is 0.401. The van der Waals surface area contributed by atoms with Crippen LogP contribution in [-0.2, 0) is 6.54 Å². The summed E-state index contributed by atoms with van der Waals surface area (Å²) >= 11 is 11.2. The number of carbonyl (C=O) groups excluding carboxylic acids is 1. The predicted molar refractivity (Wildman–Crippen MR) is 95.8 cm³/mol. The van der Waals surface area contributed by atoms with Crippen molar-refractivity contribution in [2.24, 2.45) is 5.92 Å². The fraction of sp³-hybridized carbons (Fsp3) is 0.353. The Kier molecular flexibility index (Phi) is 5.34. The minimum atomic E-state index is 0.143. The van der Waals surface area contributed by atoms with Crippen molar-refractivity contribution in [3.63, 3.8) is 0 Å². The lowest BCUT2D eigenvalue weighted by Gasteiger charge is -2.31. The molecule has 1 aromatic heterocycles. The van der Waals surface area contributed by atoms with Crippen LogP contribution in [0.3, 0.4) is 0 Å². The van der Waals surface area contributed by atoms with E-state index in [0.717, 1.165) is 38.0 Å². The third kappa shape index (κ3) is 3.80. The zero-order valence-electron chi connectivity index (χ0n) is 12.1. The highest BCUT2D eigenvalue weighted by molar-refractivity contribution is 9.10. The summed E-state index contributed by atoms with van der Waals surface area (Å²) in [4.78, 5) is 16.3. The lowest BCUT2D eigenvalue weighted by molar-refractivity contribution is 0.0835. The molecular formula is C17H17BrClNOS. The van der Waals surface area contributed by atoms with Crippen LogP contribution in [0.15, 0.2) is 40.2 Å². The molecule has 0 radical (unpaired) electrons. The van der Waals surface area contributed by atoms with E-state index in [2.05, 4.69) is 32.3 Å². The van der Waals surface area contributed by atoms with Crippen LogP contribution in [-0.4, -0.2) is 23.8 Å². The van der Waals surface area contributed by atoms with E-state index in [0.29, 0.717) is 5.02 Å². The standard InChI is InChI=1S/C17H17BrClNOS/c18-15-7-10-22-16(15)11-20-8-5-13(6-9-20)17(21)12-1-3-14(19)4-2-12/h1-4,7,10,13H,5-6,8-9,11H2. The highest BCUT2D eigenvalue weighted by atomic mass is 79.9. The molecular weight excluding hydrogens is 382 g/mol. The molecule has 1 aromatic carbocycles. The van der Waals surface area contributed by atoms with Crippen molar-refractivity contribution in [1.29, 1.82) is 0 Å². The number of hydrogen-bond donors (Lipinski definition) is 0. The average Bonchev–Trinajstić information content (AvgIpc) is 2.93. The Morgan fingerprint density at radius 3 is 2.50 bits per heavy atom. The van der Waals surface area contributed by atoms with Gasteiger partial charge >= 0.3 is 0 Å². The molecule has 0 spiro atoms. The van der Waals surface area contributed by atoms with Crippen LogP contribution in [0.5, 0.6) is 0 Å². The van der Waals surface area contributed by atoms with Gasteiger partial charge in [-0.15, -0.1) is 11.3 Å². The van der Waals surface area contributed by atoms with Crippen LogP contribution >= 0.6 is 38.9 Å². The molecule has 1 saturated heterocycles. The first-order valence-electron chi connectivity index (χ1n) is 7.37. The number of piperidine rings is 1. The van der Waals surface area contributed by atoms with Gasteiger partial charge in [-0.3, -0.25) is 9.69 Å². The van der Waals surface area contributed by atoms with E-state index in [9.17, 15) is 4.79 Å². The molecule has 22 heavy (non-hydrogen) atoms. The summed E-state index contributed by atoms with van der Waals surface area (Å²) in [6, 6.07) is 9.34. The Morgan fingerprint density at radius 1 is 1.23 bits per heavy atom. The van der Waals surface area contributed by atoms with E-state index >= 15 is 0 Å². The number of likely N-dealkylation sites (tertiary alicyclic amines) is 1. The molecule has 2 nitrogen and oxygen atoms in total. The first-order chi connectivity index (χ1) is 10.6. The topological polar surface area (TPSA) is 20.3 Å². The maximum Gasteiger partial charge on any atom is 0.166 e. The summed E-state index contributed by atoms with van der Waals surface area (Å²) in [6.07, 6.45) is 1.87. The first kappa shape index (κ1) is 16.2. The number of nitrogens with zero attached hydrogens (tertiary/aromatic N) is 1. The van der Waals surface area contributed by atoms with Crippen molar-refractivity contribution in [1.82, 2.24) is 4.90 Å². The SMILES string of the molecule is O=C(c1ccc(Cl)cc1)C1CCN(Cc2sccc2Br)CC1. The van der Waals surface area contributed by atoms with Gasteiger partial charge in [0.25, 0.3) is 0 Å². The maximum atomic E-state index is 12.5. The Bertz CT molecular complexity index is 647. The minimum absolute atomic E-state index is 0.143. The first-order valence-corrected chi connectivity index (χ1v) is 9.42. The van der Waals surface area contributed by atoms with Gasteiger partial charge in [-0.25, -0.2) is 0 Å². The van der Waals surface area contributed by atoms with E-state index in [4.69, 9.17) is 11.6 Å². The molecule has 3 rings (SSSR count). The quantitative estimate of drug-likeness (QED) is 0.655. The van der Waals surface area contributed by atoms with E-state index < -0.39 is 0 Å². The van der Waals surface area contributed by atoms with Crippen LogP contribution in [0.2, 0.25) is 5.02 Å². The van der Waals surface area contributed by atoms with Gasteiger partial charge in [0.05, 0.1) is 0 Å². The Morgan fingerprint density at radius 2 is 1.91 bits per heavy atom. The zero-order valence-corrected chi connectivity index (χ0v) is 15.3. The normalized spacial score (nSPS) is 16.8. The predicted octanol–water partition coefficient (Wildman–Crippen LogP) is 5.26. The van der Waals surface area contributed by atoms with Crippen molar-refractivity contribution in [3.05, 3.63) is 55.6 Å². The summed E-state index contributed by atoms with van der Waals surface area (Å²) in [5.41, 5.74) is 0.781. The van der Waals surface area contributed by atoms with Crippen LogP contribution < -0.4 is 0 Å². The van der Waals surface area contributed by atoms with Crippen LogP contribution in [0.4, 0.5) is 0 Å². The van der Waals surface area contributed by atoms with Crippen molar-refractivity contribution < 1.29 is 4.79 Å². The molecule has 5 heteroatoms. The lowest BCUT2D eigenvalue weighted by Crippen LogP contribution is -2.35. The lowest BCUT2D eigenvalue weighted by atomic mass is 9.89. The number of rotatable bonds is 4. The average molecular weight is 399 g/mol. The molecule has 116 valence electrons. The Labute approximate surface area is 148 Å². The van der Waals surface area contributed by atoms with E-state index in [1.807, 2.05) is 12.1 Å². The number of carbonyl (C=O) groups is 1. The molecule has 2 aromatic rings. The molecule has 1 aliphatic heterocycles. The summed E-state index contributed by atoms with van der Waals surface area (Å²) in [7, 11) is 0. The Hall–Kier alpha value is -0.680. The highest BCUT2D eigenvalue weighted by Crippen LogP contribution is 2.27. The van der Waals surface area contributed by atoms with Crippen LogP contribution in [0.1, 0.15) is 28.1 Å². The third-order valence-corrected chi connectivity index (χ3v) is 6.31. The fourth-order valence-electron chi connectivity index (χ4n) is 2.84. The molecule has 2 heterocycles. The number of hydrogen-bond acceptors (Lipinski definition) is 3. The number of Topliss-reactive ketones (excluding diaryl/α,β-unsaturated/α-hetero) is 1. The van der Waals surface area contributed by atoms with Crippen LogP contribution in [0.25, 0.3) is 0 Å². The second kappa shape index (κ2) is 7.26. The largest absolute Gasteiger partial charge is 0.298 e. The molecule has 0 amide bonds. The summed E-state index contributed by atoms with van der Waals surface area (Å²) in [5, 5.41) is 2.78. The third-order valence-electron chi connectivity index (χ3n) is 4.15. The van der Waals surface area contributed by atoms with E-state index in [1.165, 1.54) is 9.35 Å². The van der Waals surface area contributed by atoms with Gasteiger partial charge in [0.1, 0.15) is 0 Å². The van der Waals surface area contributed by atoms with Gasteiger partial charge in [-0.1, -0.05) is 11.6 Å². The van der Waals surface area contributed by atoms with Crippen molar-refractivity contribution >= 4 is 44.7 Å². The summed E-state index contributed by atoms with van der Waals surface area (Å²) in [6.45, 7) is 2.93. The van der Waals surface area contributed by atoms with E-state index in [-0.39, 0.29) is 11.7 Å². The second-order valence-corrected chi connectivity index (χ2v) is 7.90. The summed E-state index contributed by atoms with van der Waals surface area (Å²) < 4.78 is 1.19. The second-order valence-electron chi connectivity index (χ2n) is 5.61. The van der Waals surface area contributed by atoms with Gasteiger partial charge in [0.15, 0.2) is 5.78 Å². The fourth-order valence-corrected chi connectivity index (χ4v) is 4.49. The van der Waals surface area contributed by atoms with Gasteiger partial charge < -0.3 is 0 Å². The number of ketones is 1. The molecule has 0 N–H and O–H groups in total. The van der Waals surface area contributed by atoms with Crippen LogP contribution in [0, 0.1) is 5.92 Å². The molecule has 0 bridgehead atoms. The van der Waals surface area contributed by atoms with Gasteiger partial charge in [-0.05, 0) is 77.6 Å². The van der Waals surface area contributed by atoms with Crippen molar-refractivity contribution in [2.45, 2.75) is 19.4 Å². The monoisotopic (exact) mass is 397 g/mol. The molecule has 1 fully saturated rings. The molecule has 0 saturated carbocycles. The molecule has 0 atom stereocenters. The minimum Gasteiger partial charge on any atom is -0.298 e. The zero-order chi connectivity index (χ0) is 15.5. The Balaban J connectivity index is 1.56. The maximum absolute atomic E-state index is 12.5.